The van der Waals surface area contributed by atoms with Gasteiger partial charge < -0.3 is 26.2 Å². The molecule has 0 bridgehead atoms. The van der Waals surface area contributed by atoms with E-state index in [9.17, 15) is 28.7 Å². The molecule has 0 spiro atoms. The Hall–Kier alpha value is -1.32. The van der Waals surface area contributed by atoms with Crippen LogP contribution in [0.5, 0.6) is 0 Å². The second-order valence-corrected chi connectivity index (χ2v) is 6.89. The fourth-order valence-corrected chi connectivity index (χ4v) is 2.41. The summed E-state index contributed by atoms with van der Waals surface area (Å²) in [5.74, 6) is -3.90. The molecule has 0 radical (unpaired) electrons. The molecule has 10 nitrogen and oxygen atoms in total. The zero-order valence-electron chi connectivity index (χ0n) is 13.5. The monoisotopic (exact) mass is 352 g/mol. The van der Waals surface area contributed by atoms with Gasteiger partial charge in [0.1, 0.15) is 11.8 Å². The van der Waals surface area contributed by atoms with Crippen molar-refractivity contribution in [3.63, 3.8) is 0 Å². The molecule has 0 aromatic carbocycles. The lowest BCUT2D eigenvalue weighted by atomic mass is 10.1. The summed E-state index contributed by atoms with van der Waals surface area (Å²) in [5, 5.41) is 4.90. The molecule has 2 atom stereocenters. The topological polar surface area (TPSA) is 162 Å². The van der Waals surface area contributed by atoms with Gasteiger partial charge in [0.15, 0.2) is 0 Å². The summed E-state index contributed by atoms with van der Waals surface area (Å²) < 4.78 is 11.5. The predicted octanol–water partition coefficient (Wildman–Crippen LogP) is -1.67. The van der Waals surface area contributed by atoms with Crippen LogP contribution in [0.2, 0.25) is 0 Å². The fraction of sp³-hybridized carbons (Fsp3) is 0.750. The average molecular weight is 352 g/mol. The van der Waals surface area contributed by atoms with Crippen LogP contribution in [-0.4, -0.2) is 64.4 Å². The first kappa shape index (κ1) is 21.7. The van der Waals surface area contributed by atoms with E-state index >= 15 is 0 Å². The summed E-state index contributed by atoms with van der Waals surface area (Å²) in [6, 6.07) is -1.08. The fourth-order valence-electron chi connectivity index (χ4n) is 1.87. The van der Waals surface area contributed by atoms with Gasteiger partial charge in [-0.15, -0.1) is 0 Å². The van der Waals surface area contributed by atoms with Gasteiger partial charge in [0.25, 0.3) is 5.91 Å². The van der Waals surface area contributed by atoms with E-state index in [0.717, 1.165) is 6.92 Å². The van der Waals surface area contributed by atoms with E-state index < -0.39 is 37.1 Å². The summed E-state index contributed by atoms with van der Waals surface area (Å²) in [6.07, 6.45) is 0.724. The molecule has 23 heavy (non-hydrogen) atoms. The second-order valence-electron chi connectivity index (χ2n) is 4.97. The summed E-state index contributed by atoms with van der Waals surface area (Å²) in [7, 11) is -3.26. The highest BCUT2D eigenvalue weighted by atomic mass is 31.2. The van der Waals surface area contributed by atoms with Crippen LogP contribution in [0.4, 0.5) is 0 Å². The van der Waals surface area contributed by atoms with Crippen molar-refractivity contribution in [3.05, 3.63) is 0 Å². The number of rotatable bonds is 9. The molecule has 11 heteroatoms. The van der Waals surface area contributed by atoms with Crippen molar-refractivity contribution in [2.45, 2.75) is 38.5 Å². The van der Waals surface area contributed by atoms with Gasteiger partial charge in [-0.25, -0.2) is 0 Å². The Morgan fingerprint density at radius 3 is 2.26 bits per heavy atom. The number of nitrogens with one attached hydrogen (secondary N) is 2. The first-order chi connectivity index (χ1) is 10.6. The maximum atomic E-state index is 12.6. The Kier molecular flexibility index (Phi) is 9.18. The molecule has 0 saturated heterocycles. The number of nitrogens with two attached hydrogens (primary N) is 1. The number of imide groups is 1. The molecule has 0 aliphatic rings. The summed E-state index contributed by atoms with van der Waals surface area (Å²) >= 11 is 0. The lowest BCUT2D eigenvalue weighted by Crippen LogP contribution is -2.55. The molecule has 0 aliphatic heterocycles. The van der Waals surface area contributed by atoms with Crippen LogP contribution < -0.4 is 16.4 Å². The number of hydrogen-bond acceptors (Lipinski definition) is 6. The van der Waals surface area contributed by atoms with E-state index in [0.29, 0.717) is 11.3 Å². The van der Waals surface area contributed by atoms with E-state index in [-0.39, 0.29) is 19.5 Å². The standard InChI is InChI=1S/C12H25N4O6P/c1-4-5-9(15-10(17)6-13)12(19)16(11(18)7-14-3)8(2)23(20,21)22/h8-9,14H,4-7,13H2,1-3H3,(H,15,17)(H2,20,21,22)/t8-,9+/m1/s1. The van der Waals surface area contributed by atoms with Gasteiger partial charge in [-0.2, -0.15) is 0 Å². The molecule has 0 fully saturated rings. The summed E-state index contributed by atoms with van der Waals surface area (Å²) in [6.45, 7) is 2.23. The normalized spacial score (nSPS) is 14.0. The minimum absolute atomic E-state index is 0.210. The lowest BCUT2D eigenvalue weighted by Gasteiger charge is -2.31. The highest BCUT2D eigenvalue weighted by Crippen LogP contribution is 2.42. The highest BCUT2D eigenvalue weighted by molar-refractivity contribution is 7.52. The van der Waals surface area contributed by atoms with Crippen molar-refractivity contribution in [1.29, 1.82) is 0 Å². The molecule has 0 unspecified atom stereocenters. The quantitative estimate of drug-likeness (QED) is 0.308. The van der Waals surface area contributed by atoms with Crippen LogP contribution in [-0.2, 0) is 18.9 Å². The smallest absolute Gasteiger partial charge is 0.343 e. The number of amides is 3. The molecular weight excluding hydrogens is 327 g/mol. The van der Waals surface area contributed by atoms with Crippen molar-refractivity contribution >= 4 is 25.3 Å². The molecule has 3 amide bonds. The maximum Gasteiger partial charge on any atom is 0.348 e. The molecule has 0 heterocycles. The van der Waals surface area contributed by atoms with Crippen LogP contribution in [0.1, 0.15) is 26.7 Å². The van der Waals surface area contributed by atoms with Crippen LogP contribution in [0, 0.1) is 0 Å². The highest BCUT2D eigenvalue weighted by Gasteiger charge is 2.39. The van der Waals surface area contributed by atoms with Gasteiger partial charge in [0.05, 0.1) is 13.1 Å². The van der Waals surface area contributed by atoms with Crippen LogP contribution >= 0.6 is 7.60 Å². The SMILES string of the molecule is CCC[C@H](NC(=O)CN)C(=O)N(C(=O)CNC)[C@@H](C)P(=O)(O)O. The average Bonchev–Trinajstić information content (AvgIpc) is 2.45. The molecule has 0 aromatic rings. The minimum Gasteiger partial charge on any atom is -0.343 e. The zero-order valence-corrected chi connectivity index (χ0v) is 14.4. The van der Waals surface area contributed by atoms with Crippen molar-refractivity contribution in [2.75, 3.05) is 20.1 Å². The number of hydrogen-bond donors (Lipinski definition) is 5. The Morgan fingerprint density at radius 1 is 1.30 bits per heavy atom. The van der Waals surface area contributed by atoms with E-state index in [1.807, 2.05) is 0 Å². The predicted molar refractivity (Wildman–Crippen MR) is 83.2 cm³/mol. The van der Waals surface area contributed by atoms with Gasteiger partial charge in [0, 0.05) is 0 Å². The van der Waals surface area contributed by atoms with E-state index in [1.165, 1.54) is 7.05 Å². The Bertz CT molecular complexity index is 480. The van der Waals surface area contributed by atoms with Crippen molar-refractivity contribution in [3.8, 4) is 0 Å². The Balaban J connectivity index is 5.55. The van der Waals surface area contributed by atoms with Gasteiger partial charge in [0.2, 0.25) is 11.8 Å². The number of carbonyl (C=O) groups excluding carboxylic acids is 3. The molecule has 0 saturated carbocycles. The van der Waals surface area contributed by atoms with Gasteiger partial charge in [-0.3, -0.25) is 23.8 Å². The third-order valence-electron chi connectivity index (χ3n) is 3.09. The molecule has 134 valence electrons. The van der Waals surface area contributed by atoms with E-state index in [2.05, 4.69) is 10.6 Å². The van der Waals surface area contributed by atoms with Crippen molar-refractivity contribution in [1.82, 2.24) is 15.5 Å². The van der Waals surface area contributed by atoms with Gasteiger partial charge >= 0.3 is 7.60 Å². The van der Waals surface area contributed by atoms with E-state index in [1.54, 1.807) is 6.92 Å². The first-order valence-corrected chi connectivity index (χ1v) is 8.83. The lowest BCUT2D eigenvalue weighted by molar-refractivity contribution is -0.148. The number of carbonyl (C=O) groups is 3. The van der Waals surface area contributed by atoms with Crippen LogP contribution in [0.25, 0.3) is 0 Å². The third kappa shape index (κ3) is 6.76. The summed E-state index contributed by atoms with van der Waals surface area (Å²) in [5.41, 5.74) is 5.19. The minimum atomic E-state index is -4.73. The van der Waals surface area contributed by atoms with Gasteiger partial charge in [-0.1, -0.05) is 13.3 Å². The Labute approximate surface area is 134 Å². The van der Waals surface area contributed by atoms with Crippen LogP contribution in [0.3, 0.4) is 0 Å². The Morgan fingerprint density at radius 2 is 1.87 bits per heavy atom. The third-order valence-corrected chi connectivity index (χ3v) is 4.30. The zero-order chi connectivity index (χ0) is 18.2. The molecular formula is C12H25N4O6P. The largest absolute Gasteiger partial charge is 0.348 e. The molecule has 0 aromatic heterocycles. The summed E-state index contributed by atoms with van der Waals surface area (Å²) in [4.78, 5) is 55.2. The molecule has 0 rings (SSSR count). The van der Waals surface area contributed by atoms with Crippen LogP contribution in [0.15, 0.2) is 0 Å². The van der Waals surface area contributed by atoms with Crippen molar-refractivity contribution in [2.24, 2.45) is 5.73 Å². The first-order valence-electron chi connectivity index (χ1n) is 7.15. The van der Waals surface area contributed by atoms with Gasteiger partial charge in [-0.05, 0) is 20.4 Å². The second kappa shape index (κ2) is 9.74. The number of likely N-dealkylation sites (N-methyl/N-ethyl adjacent to an activating group) is 1. The number of nitrogens with zero attached hydrogens (tertiary/aromatic N) is 1. The van der Waals surface area contributed by atoms with E-state index in [4.69, 9.17) is 5.73 Å². The molecule has 6 N–H and O–H groups in total. The van der Waals surface area contributed by atoms with Crippen molar-refractivity contribution < 1.29 is 28.7 Å². The molecule has 0 aliphatic carbocycles. The maximum absolute atomic E-state index is 12.6.